The SMILES string of the molecule is O=C(CN1CC[C@H](O)C1)NCCSc1ccccc1. The van der Waals surface area contributed by atoms with Gasteiger partial charge in [-0.25, -0.2) is 0 Å². The van der Waals surface area contributed by atoms with Crippen molar-refractivity contribution in [3.63, 3.8) is 0 Å². The predicted molar refractivity (Wildman–Crippen MR) is 77.2 cm³/mol. The maximum Gasteiger partial charge on any atom is 0.234 e. The van der Waals surface area contributed by atoms with E-state index in [9.17, 15) is 9.90 Å². The number of thioether (sulfide) groups is 1. The fourth-order valence-corrected chi connectivity index (χ4v) is 2.88. The van der Waals surface area contributed by atoms with Crippen LogP contribution in [0.25, 0.3) is 0 Å². The molecule has 1 aliphatic rings. The number of nitrogens with one attached hydrogen (secondary N) is 1. The Morgan fingerprint density at radius 2 is 2.21 bits per heavy atom. The standard InChI is InChI=1S/C14H20N2O2S/c17-12-6-8-16(10-12)11-14(18)15-7-9-19-13-4-2-1-3-5-13/h1-5,12,17H,6-11H2,(H,15,18)/t12-/m0/s1. The van der Waals surface area contributed by atoms with Gasteiger partial charge in [0.1, 0.15) is 0 Å². The van der Waals surface area contributed by atoms with E-state index in [1.807, 2.05) is 23.1 Å². The van der Waals surface area contributed by atoms with Crippen LogP contribution in [0.4, 0.5) is 0 Å². The highest BCUT2D eigenvalue weighted by Crippen LogP contribution is 2.15. The summed E-state index contributed by atoms with van der Waals surface area (Å²) >= 11 is 1.74. The third-order valence-electron chi connectivity index (χ3n) is 3.05. The number of aliphatic hydroxyl groups excluding tert-OH is 1. The topological polar surface area (TPSA) is 52.6 Å². The minimum absolute atomic E-state index is 0.0442. The molecule has 0 spiro atoms. The highest BCUT2D eigenvalue weighted by atomic mass is 32.2. The molecule has 104 valence electrons. The highest BCUT2D eigenvalue weighted by Gasteiger charge is 2.21. The van der Waals surface area contributed by atoms with Gasteiger partial charge in [0.2, 0.25) is 5.91 Å². The summed E-state index contributed by atoms with van der Waals surface area (Å²) in [7, 11) is 0. The number of aliphatic hydroxyl groups is 1. The van der Waals surface area contributed by atoms with Crippen LogP contribution < -0.4 is 5.32 Å². The quantitative estimate of drug-likeness (QED) is 0.602. The Morgan fingerprint density at radius 3 is 2.89 bits per heavy atom. The minimum Gasteiger partial charge on any atom is -0.392 e. The first kappa shape index (κ1) is 14.4. The molecule has 0 radical (unpaired) electrons. The fourth-order valence-electron chi connectivity index (χ4n) is 2.09. The van der Waals surface area contributed by atoms with Crippen molar-refractivity contribution in [1.82, 2.24) is 10.2 Å². The number of benzene rings is 1. The first-order chi connectivity index (χ1) is 9.24. The van der Waals surface area contributed by atoms with Gasteiger partial charge in [-0.2, -0.15) is 0 Å². The minimum atomic E-state index is -0.263. The second-order valence-corrected chi connectivity index (χ2v) is 5.86. The lowest BCUT2D eigenvalue weighted by molar-refractivity contribution is -0.121. The van der Waals surface area contributed by atoms with E-state index in [1.165, 1.54) is 4.90 Å². The van der Waals surface area contributed by atoms with Crippen molar-refractivity contribution in [2.45, 2.75) is 17.4 Å². The monoisotopic (exact) mass is 280 g/mol. The molecule has 1 saturated heterocycles. The number of nitrogens with zero attached hydrogens (tertiary/aromatic N) is 1. The van der Waals surface area contributed by atoms with Gasteiger partial charge in [0.15, 0.2) is 0 Å². The van der Waals surface area contributed by atoms with Crippen LogP contribution in [-0.2, 0) is 4.79 Å². The van der Waals surface area contributed by atoms with Crippen molar-refractivity contribution in [3.05, 3.63) is 30.3 Å². The van der Waals surface area contributed by atoms with Crippen LogP contribution in [-0.4, -0.2) is 53.9 Å². The molecule has 0 bridgehead atoms. The zero-order valence-corrected chi connectivity index (χ0v) is 11.7. The molecule has 0 saturated carbocycles. The lowest BCUT2D eigenvalue weighted by Crippen LogP contribution is -2.37. The molecule has 0 aliphatic carbocycles. The Labute approximate surface area is 118 Å². The van der Waals surface area contributed by atoms with E-state index < -0.39 is 0 Å². The van der Waals surface area contributed by atoms with Gasteiger partial charge in [-0.1, -0.05) is 18.2 Å². The lowest BCUT2D eigenvalue weighted by atomic mass is 10.3. The smallest absolute Gasteiger partial charge is 0.234 e. The highest BCUT2D eigenvalue weighted by molar-refractivity contribution is 7.99. The van der Waals surface area contributed by atoms with E-state index in [0.717, 1.165) is 18.7 Å². The summed E-state index contributed by atoms with van der Waals surface area (Å²) in [4.78, 5) is 14.9. The van der Waals surface area contributed by atoms with Crippen LogP contribution in [0.2, 0.25) is 0 Å². The second-order valence-electron chi connectivity index (χ2n) is 4.69. The molecule has 1 aromatic rings. The van der Waals surface area contributed by atoms with Gasteiger partial charge in [0, 0.05) is 30.3 Å². The molecule has 0 aromatic heterocycles. The number of carbonyl (C=O) groups is 1. The van der Waals surface area contributed by atoms with Gasteiger partial charge >= 0.3 is 0 Å². The average Bonchev–Trinajstić information content (AvgIpc) is 2.81. The third kappa shape index (κ3) is 5.22. The van der Waals surface area contributed by atoms with Gasteiger partial charge in [0.25, 0.3) is 0 Å². The first-order valence-corrected chi connectivity index (χ1v) is 7.57. The molecule has 5 heteroatoms. The van der Waals surface area contributed by atoms with Gasteiger partial charge in [-0.3, -0.25) is 9.69 Å². The van der Waals surface area contributed by atoms with E-state index in [1.54, 1.807) is 11.8 Å². The molecular formula is C14H20N2O2S. The molecular weight excluding hydrogens is 260 g/mol. The summed E-state index contributed by atoms with van der Waals surface area (Å²) in [6.45, 7) is 2.50. The number of amides is 1. The molecule has 2 N–H and O–H groups in total. The van der Waals surface area contributed by atoms with Crippen LogP contribution in [0.15, 0.2) is 35.2 Å². The van der Waals surface area contributed by atoms with Gasteiger partial charge in [-0.05, 0) is 18.6 Å². The molecule has 4 nitrogen and oxygen atoms in total. The zero-order valence-electron chi connectivity index (χ0n) is 10.9. The number of β-amino-alcohol motifs (C(OH)–C–C–N with tert-alkyl or cyclic N) is 1. The molecule has 1 aromatic carbocycles. The average molecular weight is 280 g/mol. The number of likely N-dealkylation sites (tertiary alicyclic amines) is 1. The summed E-state index contributed by atoms with van der Waals surface area (Å²) in [5.74, 6) is 0.918. The van der Waals surface area contributed by atoms with Crippen molar-refractivity contribution >= 4 is 17.7 Å². The second kappa shape index (κ2) is 7.53. The summed E-state index contributed by atoms with van der Waals surface area (Å²) in [6.07, 6.45) is 0.512. The Morgan fingerprint density at radius 1 is 1.42 bits per heavy atom. The van der Waals surface area contributed by atoms with E-state index >= 15 is 0 Å². The Bertz CT molecular complexity index is 400. The number of hydrogen-bond acceptors (Lipinski definition) is 4. The van der Waals surface area contributed by atoms with Gasteiger partial charge in [0.05, 0.1) is 12.6 Å². The molecule has 1 fully saturated rings. The van der Waals surface area contributed by atoms with Crippen molar-refractivity contribution in [2.75, 3.05) is 31.9 Å². The van der Waals surface area contributed by atoms with Crippen LogP contribution in [0.1, 0.15) is 6.42 Å². The van der Waals surface area contributed by atoms with Crippen LogP contribution >= 0.6 is 11.8 Å². The van der Waals surface area contributed by atoms with Crippen molar-refractivity contribution in [3.8, 4) is 0 Å². The fraction of sp³-hybridized carbons (Fsp3) is 0.500. The first-order valence-electron chi connectivity index (χ1n) is 6.59. The Balaban J connectivity index is 1.57. The van der Waals surface area contributed by atoms with Crippen molar-refractivity contribution in [1.29, 1.82) is 0 Å². The molecule has 0 unspecified atom stereocenters. The zero-order chi connectivity index (χ0) is 13.5. The summed E-state index contributed by atoms with van der Waals surface area (Å²) in [5, 5.41) is 12.3. The predicted octanol–water partition coefficient (Wildman–Crippen LogP) is 0.961. The Hall–Kier alpha value is -1.04. The van der Waals surface area contributed by atoms with Gasteiger partial charge in [-0.15, -0.1) is 11.8 Å². The van der Waals surface area contributed by atoms with Crippen LogP contribution in [0.3, 0.4) is 0 Å². The van der Waals surface area contributed by atoms with E-state index in [2.05, 4.69) is 17.4 Å². The maximum atomic E-state index is 11.7. The van der Waals surface area contributed by atoms with Crippen molar-refractivity contribution < 1.29 is 9.90 Å². The normalized spacial score (nSPS) is 19.5. The van der Waals surface area contributed by atoms with Crippen LogP contribution in [0.5, 0.6) is 0 Å². The maximum absolute atomic E-state index is 11.7. The Kier molecular flexibility index (Phi) is 5.69. The van der Waals surface area contributed by atoms with E-state index in [-0.39, 0.29) is 12.0 Å². The number of carbonyl (C=O) groups excluding carboxylic acids is 1. The van der Waals surface area contributed by atoms with Crippen LogP contribution in [0, 0.1) is 0 Å². The summed E-state index contributed by atoms with van der Waals surface area (Å²) in [5.41, 5.74) is 0. The lowest BCUT2D eigenvalue weighted by Gasteiger charge is -2.14. The molecule has 1 amide bonds. The third-order valence-corrected chi connectivity index (χ3v) is 4.06. The molecule has 1 atom stereocenters. The van der Waals surface area contributed by atoms with E-state index in [4.69, 9.17) is 0 Å². The number of rotatable bonds is 6. The molecule has 2 rings (SSSR count). The number of hydrogen-bond donors (Lipinski definition) is 2. The van der Waals surface area contributed by atoms with E-state index in [0.29, 0.717) is 19.6 Å². The van der Waals surface area contributed by atoms with Gasteiger partial charge < -0.3 is 10.4 Å². The molecule has 19 heavy (non-hydrogen) atoms. The molecule has 1 heterocycles. The summed E-state index contributed by atoms with van der Waals surface area (Å²) in [6, 6.07) is 10.2. The summed E-state index contributed by atoms with van der Waals surface area (Å²) < 4.78 is 0. The largest absolute Gasteiger partial charge is 0.392 e. The van der Waals surface area contributed by atoms with Crippen molar-refractivity contribution in [2.24, 2.45) is 0 Å². The molecule has 1 aliphatic heterocycles.